The molecule has 5 heteroatoms. The lowest BCUT2D eigenvalue weighted by atomic mass is 9.95. The number of hydrogen-bond acceptors (Lipinski definition) is 3. The van der Waals surface area contributed by atoms with Crippen molar-refractivity contribution in [3.8, 4) is 5.75 Å². The quantitative estimate of drug-likeness (QED) is 0.880. The number of hydrogen-bond donors (Lipinski definition) is 2. The number of amides is 2. The predicted molar refractivity (Wildman–Crippen MR) is 98.6 cm³/mol. The van der Waals surface area contributed by atoms with E-state index in [1.54, 1.807) is 12.0 Å². The fraction of sp³-hybridized carbons (Fsp3) is 0.350. The molecule has 1 aliphatic rings. The van der Waals surface area contributed by atoms with Gasteiger partial charge in [-0.05, 0) is 54.7 Å². The van der Waals surface area contributed by atoms with E-state index >= 15 is 0 Å². The second kappa shape index (κ2) is 6.76. The summed E-state index contributed by atoms with van der Waals surface area (Å²) in [6.45, 7) is 5.11. The van der Waals surface area contributed by atoms with Crippen LogP contribution in [0.4, 0.5) is 4.79 Å². The highest BCUT2D eigenvalue weighted by atomic mass is 16.5. The van der Waals surface area contributed by atoms with Gasteiger partial charge in [-0.3, -0.25) is 0 Å². The third kappa shape index (κ3) is 3.33. The van der Waals surface area contributed by atoms with Gasteiger partial charge in [0, 0.05) is 6.54 Å². The molecule has 2 amide bonds. The van der Waals surface area contributed by atoms with Crippen LogP contribution >= 0.6 is 0 Å². The zero-order chi connectivity index (χ0) is 18.0. The number of urea groups is 1. The van der Waals surface area contributed by atoms with Crippen molar-refractivity contribution in [1.82, 2.24) is 10.2 Å². The van der Waals surface area contributed by atoms with Gasteiger partial charge in [0.25, 0.3) is 0 Å². The van der Waals surface area contributed by atoms with Crippen LogP contribution in [0.15, 0.2) is 42.5 Å². The molecule has 1 saturated heterocycles. The lowest BCUT2D eigenvalue weighted by Gasteiger charge is -2.34. The Hall–Kier alpha value is -2.53. The summed E-state index contributed by atoms with van der Waals surface area (Å²) in [7, 11) is 1.65. The lowest BCUT2D eigenvalue weighted by molar-refractivity contribution is 0.160. The first kappa shape index (κ1) is 17.3. The molecule has 1 unspecified atom stereocenters. The molecule has 0 radical (unpaired) electrons. The van der Waals surface area contributed by atoms with Gasteiger partial charge in [0.15, 0.2) is 0 Å². The SMILES string of the molecule is COc1ccc(CCN2C(=O)NCC2(N)c2ccc(C)c(C)c2)cc1. The van der Waals surface area contributed by atoms with Gasteiger partial charge >= 0.3 is 6.03 Å². The Kier molecular flexibility index (Phi) is 4.68. The van der Waals surface area contributed by atoms with Crippen LogP contribution in [0.2, 0.25) is 0 Å². The third-order valence-electron chi connectivity index (χ3n) is 5.03. The molecule has 0 aromatic heterocycles. The van der Waals surface area contributed by atoms with Crippen LogP contribution in [0.25, 0.3) is 0 Å². The van der Waals surface area contributed by atoms with Gasteiger partial charge in [0.05, 0.1) is 13.7 Å². The third-order valence-corrected chi connectivity index (χ3v) is 5.03. The van der Waals surface area contributed by atoms with Crippen molar-refractivity contribution in [2.24, 2.45) is 5.73 Å². The molecular formula is C20H25N3O2. The Morgan fingerprint density at radius 3 is 2.52 bits per heavy atom. The number of aryl methyl sites for hydroxylation is 2. The monoisotopic (exact) mass is 339 g/mol. The summed E-state index contributed by atoms with van der Waals surface area (Å²) >= 11 is 0. The van der Waals surface area contributed by atoms with Gasteiger partial charge in [0.1, 0.15) is 11.4 Å². The molecular weight excluding hydrogens is 314 g/mol. The number of benzene rings is 2. The fourth-order valence-electron chi connectivity index (χ4n) is 3.19. The number of methoxy groups -OCH3 is 1. The van der Waals surface area contributed by atoms with Gasteiger partial charge in [-0.15, -0.1) is 0 Å². The first-order valence-electron chi connectivity index (χ1n) is 8.49. The van der Waals surface area contributed by atoms with E-state index in [9.17, 15) is 4.79 Å². The van der Waals surface area contributed by atoms with Crippen molar-refractivity contribution in [2.45, 2.75) is 25.9 Å². The van der Waals surface area contributed by atoms with Crippen molar-refractivity contribution in [1.29, 1.82) is 0 Å². The minimum absolute atomic E-state index is 0.116. The van der Waals surface area contributed by atoms with E-state index in [2.05, 4.69) is 31.3 Å². The van der Waals surface area contributed by atoms with Crippen molar-refractivity contribution < 1.29 is 9.53 Å². The number of nitrogens with two attached hydrogens (primary N) is 1. The highest BCUT2D eigenvalue weighted by Gasteiger charge is 2.43. The molecule has 25 heavy (non-hydrogen) atoms. The Balaban J connectivity index is 1.79. The standard InChI is InChI=1S/C20H25N3O2/c1-14-4-7-17(12-15(14)2)20(21)13-22-19(24)23(20)11-10-16-5-8-18(25-3)9-6-16/h4-9,12H,10-11,13,21H2,1-3H3,(H,22,24). The van der Waals surface area contributed by atoms with Gasteiger partial charge in [-0.2, -0.15) is 0 Å². The van der Waals surface area contributed by atoms with Crippen LogP contribution in [-0.2, 0) is 12.1 Å². The van der Waals surface area contributed by atoms with Crippen molar-refractivity contribution >= 4 is 6.03 Å². The number of carbonyl (C=O) groups excluding carboxylic acids is 1. The molecule has 0 bridgehead atoms. The molecule has 2 aromatic carbocycles. The number of ether oxygens (including phenoxy) is 1. The van der Waals surface area contributed by atoms with E-state index in [-0.39, 0.29) is 6.03 Å². The van der Waals surface area contributed by atoms with Crippen molar-refractivity contribution in [3.05, 3.63) is 64.7 Å². The Morgan fingerprint density at radius 1 is 1.16 bits per heavy atom. The topological polar surface area (TPSA) is 67.6 Å². The molecule has 3 rings (SSSR count). The van der Waals surface area contributed by atoms with Crippen LogP contribution in [0.1, 0.15) is 22.3 Å². The highest BCUT2D eigenvalue weighted by molar-refractivity contribution is 5.78. The molecule has 0 spiro atoms. The van der Waals surface area contributed by atoms with E-state index in [0.29, 0.717) is 13.1 Å². The van der Waals surface area contributed by atoms with Gasteiger partial charge in [-0.1, -0.05) is 30.3 Å². The minimum Gasteiger partial charge on any atom is -0.497 e. The number of carbonyl (C=O) groups is 1. The van der Waals surface area contributed by atoms with E-state index in [1.165, 1.54) is 11.1 Å². The molecule has 0 aliphatic carbocycles. The molecule has 5 nitrogen and oxygen atoms in total. The molecule has 132 valence electrons. The first-order valence-corrected chi connectivity index (χ1v) is 8.49. The van der Waals surface area contributed by atoms with E-state index in [4.69, 9.17) is 10.5 Å². The van der Waals surface area contributed by atoms with Gasteiger partial charge in [-0.25, -0.2) is 4.79 Å². The van der Waals surface area contributed by atoms with E-state index < -0.39 is 5.66 Å². The second-order valence-electron chi connectivity index (χ2n) is 6.63. The zero-order valence-electron chi connectivity index (χ0n) is 15.0. The Bertz CT molecular complexity index is 773. The summed E-state index contributed by atoms with van der Waals surface area (Å²) in [4.78, 5) is 14.1. The maximum Gasteiger partial charge on any atom is 0.319 e. The van der Waals surface area contributed by atoms with Crippen LogP contribution in [0.5, 0.6) is 5.75 Å². The number of rotatable bonds is 5. The van der Waals surface area contributed by atoms with Crippen LogP contribution < -0.4 is 15.8 Å². The maximum absolute atomic E-state index is 12.4. The highest BCUT2D eigenvalue weighted by Crippen LogP contribution is 2.28. The molecule has 1 aliphatic heterocycles. The summed E-state index contributed by atoms with van der Waals surface area (Å²) in [5.74, 6) is 0.825. The Morgan fingerprint density at radius 2 is 1.88 bits per heavy atom. The molecule has 2 aromatic rings. The minimum atomic E-state index is -0.817. The Labute approximate surface area is 148 Å². The smallest absolute Gasteiger partial charge is 0.319 e. The summed E-state index contributed by atoms with van der Waals surface area (Å²) in [5, 5.41) is 2.89. The van der Waals surface area contributed by atoms with Crippen LogP contribution in [-0.4, -0.2) is 31.1 Å². The molecule has 1 heterocycles. The zero-order valence-corrected chi connectivity index (χ0v) is 15.0. The first-order chi connectivity index (χ1) is 11.9. The largest absolute Gasteiger partial charge is 0.497 e. The molecule has 1 fully saturated rings. The summed E-state index contributed by atoms with van der Waals surface area (Å²) in [6, 6.07) is 13.9. The van der Waals surface area contributed by atoms with E-state index in [1.807, 2.05) is 30.3 Å². The predicted octanol–water partition coefficient (Wildman–Crippen LogP) is 2.69. The number of nitrogens with zero attached hydrogens (tertiary/aromatic N) is 1. The summed E-state index contributed by atoms with van der Waals surface area (Å²) in [6.07, 6.45) is 0.737. The maximum atomic E-state index is 12.4. The van der Waals surface area contributed by atoms with E-state index in [0.717, 1.165) is 23.3 Å². The lowest BCUT2D eigenvalue weighted by Crippen LogP contribution is -2.52. The molecule has 1 atom stereocenters. The van der Waals surface area contributed by atoms with Gasteiger partial charge < -0.3 is 20.7 Å². The van der Waals surface area contributed by atoms with Crippen LogP contribution in [0, 0.1) is 13.8 Å². The summed E-state index contributed by atoms with van der Waals surface area (Å²) < 4.78 is 5.18. The van der Waals surface area contributed by atoms with Crippen molar-refractivity contribution in [2.75, 3.05) is 20.2 Å². The molecule has 3 N–H and O–H groups in total. The fourth-order valence-corrected chi connectivity index (χ4v) is 3.19. The van der Waals surface area contributed by atoms with Crippen molar-refractivity contribution in [3.63, 3.8) is 0 Å². The number of nitrogens with one attached hydrogen (secondary N) is 1. The normalized spacial score (nSPS) is 19.8. The average molecular weight is 339 g/mol. The average Bonchev–Trinajstić information content (AvgIpc) is 2.91. The summed E-state index contributed by atoms with van der Waals surface area (Å²) in [5.41, 5.74) is 10.3. The molecule has 0 saturated carbocycles. The van der Waals surface area contributed by atoms with Crippen LogP contribution in [0.3, 0.4) is 0 Å². The van der Waals surface area contributed by atoms with Gasteiger partial charge in [0.2, 0.25) is 0 Å². The second-order valence-corrected chi connectivity index (χ2v) is 6.63.